The molecular formula is C13H12BrN3O3. The fourth-order valence-electron chi connectivity index (χ4n) is 1.53. The van der Waals surface area contributed by atoms with Crippen LogP contribution in [0.15, 0.2) is 41.0 Å². The van der Waals surface area contributed by atoms with Crippen LogP contribution in [0.4, 0.5) is 5.69 Å². The van der Waals surface area contributed by atoms with Crippen molar-refractivity contribution in [1.29, 1.82) is 0 Å². The van der Waals surface area contributed by atoms with E-state index in [-0.39, 0.29) is 11.7 Å². The molecule has 0 saturated heterocycles. The molecule has 1 unspecified atom stereocenters. The van der Waals surface area contributed by atoms with Gasteiger partial charge in [-0.1, -0.05) is 0 Å². The Morgan fingerprint density at radius 1 is 1.40 bits per heavy atom. The first-order valence-corrected chi connectivity index (χ1v) is 6.60. The van der Waals surface area contributed by atoms with Crippen molar-refractivity contribution >= 4 is 21.6 Å². The Kier molecular flexibility index (Phi) is 4.31. The Balaban J connectivity index is 2.25. The summed E-state index contributed by atoms with van der Waals surface area (Å²) in [7, 11) is 0. The van der Waals surface area contributed by atoms with Gasteiger partial charge in [-0.2, -0.15) is 0 Å². The topological polar surface area (TPSA) is 91.3 Å². The minimum Gasteiger partial charge on any atom is -0.454 e. The van der Waals surface area contributed by atoms with Gasteiger partial charge in [0.25, 0.3) is 5.69 Å². The highest BCUT2D eigenvalue weighted by Gasteiger charge is 2.11. The van der Waals surface area contributed by atoms with Crippen LogP contribution < -0.4 is 10.5 Å². The van der Waals surface area contributed by atoms with Gasteiger partial charge in [-0.15, -0.1) is 0 Å². The summed E-state index contributed by atoms with van der Waals surface area (Å²) >= 11 is 3.29. The molecule has 7 heteroatoms. The van der Waals surface area contributed by atoms with Crippen LogP contribution in [0.2, 0.25) is 0 Å². The van der Waals surface area contributed by atoms with E-state index in [1.54, 1.807) is 18.2 Å². The molecule has 1 atom stereocenters. The van der Waals surface area contributed by atoms with E-state index in [2.05, 4.69) is 20.9 Å². The first-order valence-electron chi connectivity index (χ1n) is 5.80. The third-order valence-electron chi connectivity index (χ3n) is 2.58. The van der Waals surface area contributed by atoms with Gasteiger partial charge in [0.1, 0.15) is 11.5 Å². The van der Waals surface area contributed by atoms with E-state index < -0.39 is 4.92 Å². The summed E-state index contributed by atoms with van der Waals surface area (Å²) in [5, 5.41) is 10.7. The number of ether oxygens (including phenoxy) is 1. The molecule has 0 fully saturated rings. The lowest BCUT2D eigenvalue weighted by molar-refractivity contribution is -0.384. The average molecular weight is 338 g/mol. The molecule has 2 N–H and O–H groups in total. The normalized spacial score (nSPS) is 11.9. The van der Waals surface area contributed by atoms with Crippen LogP contribution in [0, 0.1) is 10.1 Å². The van der Waals surface area contributed by atoms with Crippen molar-refractivity contribution < 1.29 is 9.66 Å². The molecule has 0 aliphatic carbocycles. The zero-order valence-electron chi connectivity index (χ0n) is 10.6. The second-order valence-electron chi connectivity index (χ2n) is 4.18. The largest absolute Gasteiger partial charge is 0.454 e. The molecule has 1 heterocycles. The second kappa shape index (κ2) is 5.98. The Labute approximate surface area is 123 Å². The van der Waals surface area contributed by atoms with E-state index >= 15 is 0 Å². The van der Waals surface area contributed by atoms with E-state index in [0.29, 0.717) is 16.0 Å². The fraction of sp³-hybridized carbons (Fsp3) is 0.154. The maximum absolute atomic E-state index is 10.7. The fourth-order valence-corrected chi connectivity index (χ4v) is 1.86. The van der Waals surface area contributed by atoms with Crippen LogP contribution in [0.1, 0.15) is 18.7 Å². The van der Waals surface area contributed by atoms with E-state index in [0.717, 1.165) is 5.69 Å². The molecule has 20 heavy (non-hydrogen) atoms. The van der Waals surface area contributed by atoms with Crippen molar-refractivity contribution in [1.82, 2.24) is 4.98 Å². The summed E-state index contributed by atoms with van der Waals surface area (Å²) in [4.78, 5) is 14.4. The highest BCUT2D eigenvalue weighted by atomic mass is 79.9. The van der Waals surface area contributed by atoms with Gasteiger partial charge < -0.3 is 10.5 Å². The SMILES string of the molecule is CC(N)c1ccc(Oc2cc([N+](=O)[O-])ccc2Br)cn1. The third kappa shape index (κ3) is 3.31. The van der Waals surface area contributed by atoms with Crippen molar-refractivity contribution in [2.24, 2.45) is 5.73 Å². The van der Waals surface area contributed by atoms with Gasteiger partial charge in [-0.25, -0.2) is 0 Å². The molecule has 2 aromatic rings. The first kappa shape index (κ1) is 14.4. The van der Waals surface area contributed by atoms with Crippen LogP contribution in [-0.2, 0) is 0 Å². The highest BCUT2D eigenvalue weighted by molar-refractivity contribution is 9.10. The molecule has 0 bridgehead atoms. The van der Waals surface area contributed by atoms with Gasteiger partial charge in [0, 0.05) is 12.1 Å². The predicted molar refractivity (Wildman–Crippen MR) is 77.7 cm³/mol. The number of nitrogens with zero attached hydrogens (tertiary/aromatic N) is 2. The molecule has 0 spiro atoms. The van der Waals surface area contributed by atoms with Crippen LogP contribution in [-0.4, -0.2) is 9.91 Å². The Bertz CT molecular complexity index is 629. The number of hydrogen-bond donors (Lipinski definition) is 1. The molecule has 0 saturated carbocycles. The number of rotatable bonds is 4. The minimum absolute atomic E-state index is 0.0386. The molecule has 0 aliphatic rings. The van der Waals surface area contributed by atoms with Crippen molar-refractivity contribution in [2.75, 3.05) is 0 Å². The molecular weight excluding hydrogens is 326 g/mol. The standard InChI is InChI=1S/C13H12BrN3O3/c1-8(15)12-5-3-10(7-16-12)20-13-6-9(17(18)19)2-4-11(13)14/h2-8H,15H2,1H3. The highest BCUT2D eigenvalue weighted by Crippen LogP contribution is 2.32. The van der Waals surface area contributed by atoms with Crippen LogP contribution in [0.25, 0.3) is 0 Å². The second-order valence-corrected chi connectivity index (χ2v) is 5.04. The number of nitrogens with two attached hydrogens (primary N) is 1. The Morgan fingerprint density at radius 2 is 2.15 bits per heavy atom. The summed E-state index contributed by atoms with van der Waals surface area (Å²) < 4.78 is 6.20. The van der Waals surface area contributed by atoms with Crippen molar-refractivity contribution in [3.05, 3.63) is 56.8 Å². The maximum Gasteiger partial charge on any atom is 0.273 e. The molecule has 104 valence electrons. The number of nitro benzene ring substituents is 1. The van der Waals surface area contributed by atoms with E-state index in [1.165, 1.54) is 18.3 Å². The predicted octanol–water partition coefficient (Wildman–Crippen LogP) is 3.56. The molecule has 1 aromatic carbocycles. The number of halogens is 1. The van der Waals surface area contributed by atoms with Gasteiger partial charge in [-0.05, 0) is 41.1 Å². The van der Waals surface area contributed by atoms with Crippen LogP contribution in [0.5, 0.6) is 11.5 Å². The van der Waals surface area contributed by atoms with Gasteiger partial charge in [0.05, 0.1) is 27.4 Å². The van der Waals surface area contributed by atoms with Crippen molar-refractivity contribution in [3.63, 3.8) is 0 Å². The Hall–Kier alpha value is -1.99. The Morgan fingerprint density at radius 3 is 2.70 bits per heavy atom. The zero-order chi connectivity index (χ0) is 14.7. The van der Waals surface area contributed by atoms with Gasteiger partial charge >= 0.3 is 0 Å². The molecule has 6 nitrogen and oxygen atoms in total. The van der Waals surface area contributed by atoms with E-state index in [4.69, 9.17) is 10.5 Å². The molecule has 2 rings (SSSR count). The van der Waals surface area contributed by atoms with Crippen LogP contribution >= 0.6 is 15.9 Å². The number of hydrogen-bond acceptors (Lipinski definition) is 5. The molecule has 0 radical (unpaired) electrons. The van der Waals surface area contributed by atoms with Crippen molar-refractivity contribution in [3.8, 4) is 11.5 Å². The summed E-state index contributed by atoms with van der Waals surface area (Å²) in [5.74, 6) is 0.838. The number of benzene rings is 1. The van der Waals surface area contributed by atoms with Gasteiger partial charge in [0.2, 0.25) is 0 Å². The molecule has 0 aliphatic heterocycles. The third-order valence-corrected chi connectivity index (χ3v) is 3.23. The molecule has 1 aromatic heterocycles. The zero-order valence-corrected chi connectivity index (χ0v) is 12.2. The number of aromatic nitrogens is 1. The van der Waals surface area contributed by atoms with Crippen LogP contribution in [0.3, 0.4) is 0 Å². The van der Waals surface area contributed by atoms with E-state index in [1.807, 2.05) is 6.92 Å². The summed E-state index contributed by atoms with van der Waals surface area (Å²) in [6, 6.07) is 7.63. The number of pyridine rings is 1. The smallest absolute Gasteiger partial charge is 0.273 e. The van der Waals surface area contributed by atoms with E-state index in [9.17, 15) is 10.1 Å². The lowest BCUT2D eigenvalue weighted by Gasteiger charge is -2.09. The van der Waals surface area contributed by atoms with Crippen molar-refractivity contribution in [2.45, 2.75) is 13.0 Å². The monoisotopic (exact) mass is 337 g/mol. The first-order chi connectivity index (χ1) is 9.47. The maximum atomic E-state index is 10.7. The number of nitro groups is 1. The average Bonchev–Trinajstić information content (AvgIpc) is 2.41. The summed E-state index contributed by atoms with van der Waals surface area (Å²) in [6.45, 7) is 1.83. The summed E-state index contributed by atoms with van der Waals surface area (Å²) in [5.41, 5.74) is 6.42. The van der Waals surface area contributed by atoms with Gasteiger partial charge in [0.15, 0.2) is 0 Å². The minimum atomic E-state index is -0.475. The summed E-state index contributed by atoms with van der Waals surface area (Å²) in [6.07, 6.45) is 1.53. The molecule has 0 amide bonds. The quantitative estimate of drug-likeness (QED) is 0.680. The lowest BCUT2D eigenvalue weighted by atomic mass is 10.2. The number of non-ortho nitro benzene ring substituents is 1. The van der Waals surface area contributed by atoms with Gasteiger partial charge in [-0.3, -0.25) is 15.1 Å². The lowest BCUT2D eigenvalue weighted by Crippen LogP contribution is -2.06.